The monoisotopic (exact) mass is 393 g/mol. The third-order valence-electron chi connectivity index (χ3n) is 5.37. The summed E-state index contributed by atoms with van der Waals surface area (Å²) >= 11 is 1.79. The largest absolute Gasteiger partial charge is 0.366 e. The van der Waals surface area contributed by atoms with E-state index in [0.717, 1.165) is 49.9 Å². The average molecular weight is 394 g/mol. The van der Waals surface area contributed by atoms with E-state index in [-0.39, 0.29) is 0 Å². The van der Waals surface area contributed by atoms with Gasteiger partial charge in [0.15, 0.2) is 5.82 Å². The highest BCUT2D eigenvalue weighted by atomic mass is 32.2. The van der Waals surface area contributed by atoms with Crippen LogP contribution in [0.4, 0.5) is 5.69 Å². The van der Waals surface area contributed by atoms with Gasteiger partial charge in [-0.2, -0.15) is 5.10 Å². The van der Waals surface area contributed by atoms with E-state index in [2.05, 4.69) is 59.2 Å². The number of nitrogens with zero attached hydrogens (tertiary/aromatic N) is 5. The van der Waals surface area contributed by atoms with Crippen molar-refractivity contribution >= 4 is 17.4 Å². The molecule has 5 nitrogen and oxygen atoms in total. The van der Waals surface area contributed by atoms with Crippen LogP contribution < -0.4 is 4.90 Å². The second kappa shape index (κ2) is 8.37. The lowest BCUT2D eigenvalue weighted by molar-refractivity contribution is 0.249. The number of hydrogen-bond acceptors (Lipinski definition) is 5. The molecule has 0 unspecified atom stereocenters. The van der Waals surface area contributed by atoms with E-state index in [1.807, 2.05) is 29.1 Å². The van der Waals surface area contributed by atoms with E-state index < -0.39 is 0 Å². The van der Waals surface area contributed by atoms with Crippen LogP contribution in [0.25, 0.3) is 5.82 Å². The van der Waals surface area contributed by atoms with E-state index in [1.54, 1.807) is 11.8 Å². The lowest BCUT2D eigenvalue weighted by Gasteiger charge is -2.36. The van der Waals surface area contributed by atoms with Crippen molar-refractivity contribution in [3.63, 3.8) is 0 Å². The molecule has 28 heavy (non-hydrogen) atoms. The van der Waals surface area contributed by atoms with Crippen LogP contribution >= 0.6 is 11.8 Å². The van der Waals surface area contributed by atoms with Crippen LogP contribution in [0.15, 0.2) is 53.6 Å². The zero-order valence-electron chi connectivity index (χ0n) is 16.8. The molecule has 0 radical (unpaired) electrons. The van der Waals surface area contributed by atoms with Crippen molar-refractivity contribution in [3.05, 3.63) is 65.6 Å². The number of hydrogen-bond donors (Lipinski definition) is 0. The maximum absolute atomic E-state index is 4.76. The Hall–Kier alpha value is -2.31. The number of aromatic nitrogens is 3. The minimum absolute atomic E-state index is 0.877. The molecule has 0 atom stereocenters. The molecule has 0 N–H and O–H groups in total. The summed E-state index contributed by atoms with van der Waals surface area (Å²) in [5, 5.41) is 4.76. The molecule has 1 fully saturated rings. The van der Waals surface area contributed by atoms with E-state index in [4.69, 9.17) is 5.10 Å². The molecule has 1 aromatic carbocycles. The summed E-state index contributed by atoms with van der Waals surface area (Å²) in [4.78, 5) is 10.8. The van der Waals surface area contributed by atoms with Crippen molar-refractivity contribution in [2.45, 2.75) is 25.3 Å². The third-order valence-corrected chi connectivity index (χ3v) is 6.12. The molecule has 3 aromatic rings. The molecule has 4 rings (SSSR count). The summed E-state index contributed by atoms with van der Waals surface area (Å²) in [6.45, 7) is 9.45. The predicted molar refractivity (Wildman–Crippen MR) is 117 cm³/mol. The van der Waals surface area contributed by atoms with Gasteiger partial charge in [-0.1, -0.05) is 18.2 Å². The molecule has 1 aliphatic heterocycles. The van der Waals surface area contributed by atoms with Gasteiger partial charge < -0.3 is 4.90 Å². The van der Waals surface area contributed by atoms with Gasteiger partial charge in [0.2, 0.25) is 0 Å². The number of benzene rings is 1. The Morgan fingerprint density at radius 2 is 1.71 bits per heavy atom. The molecule has 1 saturated heterocycles. The number of anilines is 1. The Morgan fingerprint density at radius 3 is 2.36 bits per heavy atom. The molecule has 2 aromatic heterocycles. The lowest BCUT2D eigenvalue weighted by atomic mass is 10.2. The number of thioether (sulfide) groups is 1. The summed E-state index contributed by atoms with van der Waals surface area (Å²) in [5.41, 5.74) is 4.89. The predicted octanol–water partition coefficient (Wildman–Crippen LogP) is 3.93. The first-order chi connectivity index (χ1) is 13.7. The van der Waals surface area contributed by atoms with Crippen molar-refractivity contribution < 1.29 is 0 Å². The summed E-state index contributed by atoms with van der Waals surface area (Å²) < 4.78 is 1.96. The van der Waals surface area contributed by atoms with Gasteiger partial charge in [-0.05, 0) is 49.9 Å². The fraction of sp³-hybridized carbons (Fsp3) is 0.364. The van der Waals surface area contributed by atoms with E-state index in [1.165, 1.54) is 16.1 Å². The fourth-order valence-corrected chi connectivity index (χ4v) is 4.32. The molecule has 6 heteroatoms. The van der Waals surface area contributed by atoms with E-state index >= 15 is 0 Å². The highest BCUT2D eigenvalue weighted by Crippen LogP contribution is 2.27. The first kappa shape index (κ1) is 19.0. The number of rotatable bonds is 5. The van der Waals surface area contributed by atoms with Gasteiger partial charge in [0.1, 0.15) is 0 Å². The molecule has 0 aliphatic carbocycles. The molecular weight excluding hydrogens is 366 g/mol. The fourth-order valence-electron chi connectivity index (χ4n) is 3.91. The Morgan fingerprint density at radius 1 is 0.964 bits per heavy atom. The summed E-state index contributed by atoms with van der Waals surface area (Å²) in [7, 11) is 0. The van der Waals surface area contributed by atoms with Crippen LogP contribution in [0.3, 0.4) is 0 Å². The first-order valence-corrected chi connectivity index (χ1v) is 11.0. The summed E-state index contributed by atoms with van der Waals surface area (Å²) in [6, 6.07) is 14.9. The maximum atomic E-state index is 4.76. The normalized spacial score (nSPS) is 15.2. The Kier molecular flexibility index (Phi) is 5.69. The van der Waals surface area contributed by atoms with Gasteiger partial charge >= 0.3 is 0 Å². The molecule has 0 bridgehead atoms. The van der Waals surface area contributed by atoms with Crippen molar-refractivity contribution in [1.29, 1.82) is 0 Å². The highest BCUT2D eigenvalue weighted by Gasteiger charge is 2.23. The third kappa shape index (κ3) is 3.93. The van der Waals surface area contributed by atoms with Crippen molar-refractivity contribution in [1.82, 2.24) is 19.7 Å². The van der Waals surface area contributed by atoms with Crippen LogP contribution in [-0.4, -0.2) is 52.1 Å². The van der Waals surface area contributed by atoms with Crippen molar-refractivity contribution in [2.75, 3.05) is 37.3 Å². The van der Waals surface area contributed by atoms with E-state index in [9.17, 15) is 0 Å². The quantitative estimate of drug-likeness (QED) is 0.614. The molecular formula is C22H27N5S. The summed E-state index contributed by atoms with van der Waals surface area (Å²) in [6.07, 6.45) is 3.93. The molecule has 146 valence electrons. The van der Waals surface area contributed by atoms with E-state index in [0.29, 0.717) is 0 Å². The van der Waals surface area contributed by atoms with Gasteiger partial charge in [-0.25, -0.2) is 9.67 Å². The van der Waals surface area contributed by atoms with Gasteiger partial charge in [-0.15, -0.1) is 11.8 Å². The van der Waals surface area contributed by atoms with Gasteiger partial charge in [-0.3, -0.25) is 4.90 Å². The summed E-state index contributed by atoms with van der Waals surface area (Å²) in [5.74, 6) is 0.877. The Bertz CT molecular complexity index is 912. The topological polar surface area (TPSA) is 37.2 Å². The standard InChI is InChI=1S/C22H27N5S/c1-17-22(18(2)27(24-17)21-6-4-5-11-23-21)26-14-12-25(13-15-26)16-19-7-9-20(28-3)10-8-19/h4-11H,12-16H2,1-3H3. The second-order valence-electron chi connectivity index (χ2n) is 7.23. The minimum Gasteiger partial charge on any atom is -0.366 e. The van der Waals surface area contributed by atoms with Gasteiger partial charge in [0.05, 0.1) is 17.1 Å². The smallest absolute Gasteiger partial charge is 0.153 e. The highest BCUT2D eigenvalue weighted by molar-refractivity contribution is 7.98. The molecule has 0 spiro atoms. The number of aryl methyl sites for hydroxylation is 1. The number of piperazine rings is 1. The number of pyridine rings is 1. The van der Waals surface area contributed by atoms with Crippen LogP contribution in [0.5, 0.6) is 0 Å². The zero-order valence-corrected chi connectivity index (χ0v) is 17.6. The van der Waals surface area contributed by atoms with Crippen molar-refractivity contribution in [3.8, 4) is 5.82 Å². The van der Waals surface area contributed by atoms with Gasteiger partial charge in [0, 0.05) is 43.8 Å². The van der Waals surface area contributed by atoms with Crippen LogP contribution in [-0.2, 0) is 6.54 Å². The molecule has 1 aliphatic rings. The van der Waals surface area contributed by atoms with Gasteiger partial charge in [0.25, 0.3) is 0 Å². The molecule has 0 saturated carbocycles. The lowest BCUT2D eigenvalue weighted by Crippen LogP contribution is -2.46. The average Bonchev–Trinajstić information content (AvgIpc) is 3.04. The zero-order chi connectivity index (χ0) is 19.5. The molecule has 3 heterocycles. The minimum atomic E-state index is 0.877. The first-order valence-electron chi connectivity index (χ1n) is 9.73. The Labute approximate surface area is 171 Å². The maximum Gasteiger partial charge on any atom is 0.153 e. The SMILES string of the molecule is CSc1ccc(CN2CCN(c3c(C)nn(-c4ccccn4)c3C)CC2)cc1. The second-order valence-corrected chi connectivity index (χ2v) is 8.11. The van der Waals surface area contributed by atoms with Crippen LogP contribution in [0, 0.1) is 13.8 Å². The Balaban J connectivity index is 1.43. The van der Waals surface area contributed by atoms with Crippen molar-refractivity contribution in [2.24, 2.45) is 0 Å². The van der Waals surface area contributed by atoms with Crippen LogP contribution in [0.2, 0.25) is 0 Å². The molecule has 0 amide bonds. The van der Waals surface area contributed by atoms with Crippen LogP contribution in [0.1, 0.15) is 17.0 Å².